The number of rotatable bonds is 8. The number of amides is 1. The number of anilines is 2. The first-order chi connectivity index (χ1) is 15.3. The summed E-state index contributed by atoms with van der Waals surface area (Å²) in [7, 11) is -1.26. The maximum absolute atomic E-state index is 13.5. The first-order valence-corrected chi connectivity index (χ1v) is 11.3. The zero-order valence-electron chi connectivity index (χ0n) is 17.7. The average Bonchev–Trinajstić information content (AvgIpc) is 2.80. The third-order valence-electron chi connectivity index (χ3n) is 4.52. The molecule has 0 aliphatic heterocycles. The van der Waals surface area contributed by atoms with E-state index in [0.29, 0.717) is 5.75 Å². The minimum atomic E-state index is -4.13. The Labute approximate surface area is 191 Å². The molecule has 32 heavy (non-hydrogen) atoms. The van der Waals surface area contributed by atoms with Gasteiger partial charge in [0.05, 0.1) is 30.5 Å². The molecule has 0 radical (unpaired) electrons. The van der Waals surface area contributed by atoms with Crippen molar-refractivity contribution < 1.29 is 22.7 Å². The number of nitrogens with zero attached hydrogens (tertiary/aromatic N) is 2. The second-order valence-electron chi connectivity index (χ2n) is 6.76. The van der Waals surface area contributed by atoms with Crippen molar-refractivity contribution in [2.45, 2.75) is 11.8 Å². The van der Waals surface area contributed by atoms with Gasteiger partial charge in [0.15, 0.2) is 5.15 Å². The highest BCUT2D eigenvalue weighted by Gasteiger charge is 2.30. The van der Waals surface area contributed by atoms with Gasteiger partial charge in [-0.1, -0.05) is 29.8 Å². The summed E-state index contributed by atoms with van der Waals surface area (Å²) in [5, 5.41) is 2.73. The van der Waals surface area contributed by atoms with Crippen molar-refractivity contribution in [3.8, 4) is 11.5 Å². The summed E-state index contributed by atoms with van der Waals surface area (Å²) in [6.07, 6.45) is 1.56. The van der Waals surface area contributed by atoms with E-state index in [2.05, 4.69) is 10.3 Å². The molecule has 1 N–H and O–H groups in total. The number of aromatic nitrogens is 1. The van der Waals surface area contributed by atoms with Crippen LogP contribution in [-0.4, -0.2) is 40.1 Å². The topological polar surface area (TPSA) is 97.8 Å². The Morgan fingerprint density at radius 3 is 2.47 bits per heavy atom. The average molecular weight is 476 g/mol. The van der Waals surface area contributed by atoms with E-state index in [1.165, 1.54) is 32.4 Å². The SMILES string of the molecule is COc1ccc(OC)c(N(CC(=O)Nc2cc(C)cnc2Cl)S(=O)(=O)c2ccccc2)c1. The predicted octanol–water partition coefficient (Wildman–Crippen LogP) is 3.89. The standard InChI is InChI=1S/C22H22ClN3O5S/c1-15-11-18(22(23)24-13-15)25-21(27)14-26(32(28,29)17-7-5-4-6-8-17)19-12-16(30-2)9-10-20(19)31-3/h4-13H,14H2,1-3H3,(H,25,27). The maximum Gasteiger partial charge on any atom is 0.264 e. The number of halogens is 1. The molecule has 0 aliphatic rings. The molecule has 0 aliphatic carbocycles. The van der Waals surface area contributed by atoms with Crippen LogP contribution in [0.4, 0.5) is 11.4 Å². The molecular formula is C22H22ClN3O5S. The quantitative estimate of drug-likeness (QED) is 0.496. The summed E-state index contributed by atoms with van der Waals surface area (Å²) in [6, 6.07) is 14.2. The van der Waals surface area contributed by atoms with Gasteiger partial charge >= 0.3 is 0 Å². The predicted molar refractivity (Wildman–Crippen MR) is 123 cm³/mol. The smallest absolute Gasteiger partial charge is 0.264 e. The highest BCUT2D eigenvalue weighted by molar-refractivity contribution is 7.92. The largest absolute Gasteiger partial charge is 0.497 e. The Morgan fingerprint density at radius 1 is 1.09 bits per heavy atom. The van der Waals surface area contributed by atoms with E-state index in [9.17, 15) is 13.2 Å². The summed E-state index contributed by atoms with van der Waals surface area (Å²) < 4.78 is 38.6. The molecule has 2 aromatic carbocycles. The van der Waals surface area contributed by atoms with Gasteiger partial charge in [-0.05, 0) is 42.8 Å². The monoisotopic (exact) mass is 475 g/mol. The molecule has 3 rings (SSSR count). The van der Waals surface area contributed by atoms with Crippen LogP contribution in [0.5, 0.6) is 11.5 Å². The van der Waals surface area contributed by atoms with Crippen LogP contribution < -0.4 is 19.1 Å². The zero-order valence-corrected chi connectivity index (χ0v) is 19.3. The van der Waals surface area contributed by atoms with Gasteiger partial charge in [-0.2, -0.15) is 0 Å². The molecule has 1 amide bonds. The number of hydrogen-bond donors (Lipinski definition) is 1. The molecule has 1 aromatic heterocycles. The number of nitrogens with one attached hydrogen (secondary N) is 1. The fourth-order valence-corrected chi connectivity index (χ4v) is 4.57. The second kappa shape index (κ2) is 9.88. The molecule has 0 saturated carbocycles. The number of sulfonamides is 1. The Kier molecular flexibility index (Phi) is 7.22. The lowest BCUT2D eigenvalue weighted by Crippen LogP contribution is -2.38. The van der Waals surface area contributed by atoms with E-state index in [-0.39, 0.29) is 27.2 Å². The minimum Gasteiger partial charge on any atom is -0.497 e. The molecular weight excluding hydrogens is 454 g/mol. The van der Waals surface area contributed by atoms with Gasteiger partial charge in [-0.15, -0.1) is 0 Å². The molecule has 0 spiro atoms. The number of ether oxygens (including phenoxy) is 2. The lowest BCUT2D eigenvalue weighted by atomic mass is 10.2. The molecule has 0 atom stereocenters. The van der Waals surface area contributed by atoms with Crippen molar-refractivity contribution in [3.63, 3.8) is 0 Å². The summed E-state index contributed by atoms with van der Waals surface area (Å²) in [5.41, 5.74) is 1.22. The molecule has 0 unspecified atom stereocenters. The molecule has 1 heterocycles. The Balaban J connectivity index is 2.05. The number of aryl methyl sites for hydroxylation is 1. The van der Waals surface area contributed by atoms with Gasteiger partial charge in [0.1, 0.15) is 18.0 Å². The first kappa shape index (κ1) is 23.4. The van der Waals surface area contributed by atoms with Crippen LogP contribution in [-0.2, 0) is 14.8 Å². The van der Waals surface area contributed by atoms with Crippen molar-refractivity contribution in [1.29, 1.82) is 0 Å². The summed E-state index contributed by atoms with van der Waals surface area (Å²) in [6.45, 7) is 1.26. The van der Waals surface area contributed by atoms with Gasteiger partial charge in [-0.3, -0.25) is 9.10 Å². The van der Waals surface area contributed by atoms with Crippen molar-refractivity contribution in [2.24, 2.45) is 0 Å². The number of carbonyl (C=O) groups excluding carboxylic acids is 1. The van der Waals surface area contributed by atoms with E-state index in [4.69, 9.17) is 21.1 Å². The van der Waals surface area contributed by atoms with Crippen LogP contribution in [0.1, 0.15) is 5.56 Å². The van der Waals surface area contributed by atoms with Crippen molar-refractivity contribution in [3.05, 3.63) is 71.5 Å². The molecule has 3 aromatic rings. The number of benzene rings is 2. The van der Waals surface area contributed by atoms with E-state index >= 15 is 0 Å². The Morgan fingerprint density at radius 2 is 1.81 bits per heavy atom. The number of carbonyl (C=O) groups is 1. The van der Waals surface area contributed by atoms with Gasteiger partial charge < -0.3 is 14.8 Å². The summed E-state index contributed by atoms with van der Waals surface area (Å²) >= 11 is 6.07. The third-order valence-corrected chi connectivity index (χ3v) is 6.60. The van der Waals surface area contributed by atoms with Crippen LogP contribution in [0.25, 0.3) is 0 Å². The summed E-state index contributed by atoms with van der Waals surface area (Å²) in [4.78, 5) is 16.9. The van der Waals surface area contributed by atoms with E-state index in [1.54, 1.807) is 49.5 Å². The molecule has 10 heteroatoms. The van der Waals surface area contributed by atoms with Gasteiger partial charge in [0, 0.05) is 12.3 Å². The van der Waals surface area contributed by atoms with Crippen LogP contribution >= 0.6 is 11.6 Å². The van der Waals surface area contributed by atoms with Gasteiger partial charge in [-0.25, -0.2) is 13.4 Å². The Hall–Kier alpha value is -3.30. The maximum atomic E-state index is 13.5. The summed E-state index contributed by atoms with van der Waals surface area (Å²) in [5.74, 6) is 0.0532. The second-order valence-corrected chi connectivity index (χ2v) is 8.98. The third kappa shape index (κ3) is 5.12. The highest BCUT2D eigenvalue weighted by atomic mass is 35.5. The van der Waals surface area contributed by atoms with Crippen LogP contribution in [0.2, 0.25) is 5.15 Å². The van der Waals surface area contributed by atoms with E-state index < -0.39 is 22.5 Å². The van der Waals surface area contributed by atoms with E-state index in [0.717, 1.165) is 9.87 Å². The molecule has 0 saturated heterocycles. The fraction of sp³-hybridized carbons (Fsp3) is 0.182. The first-order valence-electron chi connectivity index (χ1n) is 9.48. The Bertz CT molecular complexity index is 1220. The van der Waals surface area contributed by atoms with Crippen LogP contribution in [0.3, 0.4) is 0 Å². The highest BCUT2D eigenvalue weighted by Crippen LogP contribution is 2.35. The van der Waals surface area contributed by atoms with Crippen LogP contribution in [0.15, 0.2) is 65.7 Å². The van der Waals surface area contributed by atoms with Crippen molar-refractivity contribution >= 4 is 38.9 Å². The number of pyridine rings is 1. The van der Waals surface area contributed by atoms with Crippen molar-refractivity contribution in [1.82, 2.24) is 4.98 Å². The number of methoxy groups -OCH3 is 2. The van der Waals surface area contributed by atoms with Crippen molar-refractivity contribution in [2.75, 3.05) is 30.4 Å². The van der Waals surface area contributed by atoms with Crippen LogP contribution in [0, 0.1) is 6.92 Å². The van der Waals surface area contributed by atoms with E-state index in [1.807, 2.05) is 0 Å². The van der Waals surface area contributed by atoms with Gasteiger partial charge in [0.2, 0.25) is 5.91 Å². The van der Waals surface area contributed by atoms with Gasteiger partial charge in [0.25, 0.3) is 10.0 Å². The lowest BCUT2D eigenvalue weighted by molar-refractivity contribution is -0.114. The number of hydrogen-bond acceptors (Lipinski definition) is 6. The molecule has 0 bridgehead atoms. The fourth-order valence-electron chi connectivity index (χ4n) is 2.97. The molecule has 0 fully saturated rings. The molecule has 168 valence electrons. The minimum absolute atomic E-state index is 0.0212. The normalized spacial score (nSPS) is 11.0. The lowest BCUT2D eigenvalue weighted by Gasteiger charge is -2.26. The molecule has 8 nitrogen and oxygen atoms in total. The zero-order chi connectivity index (χ0) is 23.3.